The van der Waals surface area contributed by atoms with Crippen molar-refractivity contribution in [3.63, 3.8) is 0 Å². The molecule has 1 N–H and O–H groups in total. The highest BCUT2D eigenvalue weighted by molar-refractivity contribution is 7.99. The summed E-state index contributed by atoms with van der Waals surface area (Å²) in [4.78, 5) is 1.07. The fourth-order valence-corrected chi connectivity index (χ4v) is 3.52. The highest BCUT2D eigenvalue weighted by Crippen LogP contribution is 2.35. The molecule has 88 valence electrons. The van der Waals surface area contributed by atoms with Gasteiger partial charge in [-0.1, -0.05) is 43.0 Å². The average Bonchev–Trinajstić information content (AvgIpc) is 2.29. The fraction of sp³-hybridized carbons (Fsp3) is 0.538. The predicted molar refractivity (Wildman–Crippen MR) is 70.2 cm³/mol. The van der Waals surface area contributed by atoms with Gasteiger partial charge in [0, 0.05) is 10.6 Å². The summed E-state index contributed by atoms with van der Waals surface area (Å²) < 4.78 is 0. The largest absolute Gasteiger partial charge is 0.389 e. The minimum atomic E-state index is -0.470. The topological polar surface area (TPSA) is 20.2 Å². The van der Waals surface area contributed by atoms with E-state index in [0.29, 0.717) is 0 Å². The molecule has 2 rings (SSSR count). The standard InChI is InChI=1S/C13H17ClOS/c14-11-6-2-3-7-12(11)16-10-13(15)8-4-1-5-9-13/h2-3,6-7,15H,1,4-5,8-10H2. The molecule has 0 aromatic heterocycles. The molecule has 0 heterocycles. The van der Waals surface area contributed by atoms with Gasteiger partial charge in [0.1, 0.15) is 0 Å². The molecule has 0 radical (unpaired) electrons. The molecule has 1 aromatic carbocycles. The van der Waals surface area contributed by atoms with E-state index < -0.39 is 5.60 Å². The second-order valence-electron chi connectivity index (χ2n) is 4.50. The van der Waals surface area contributed by atoms with Crippen LogP contribution in [0.2, 0.25) is 5.02 Å². The SMILES string of the molecule is OC1(CSc2ccccc2Cl)CCCCC1. The van der Waals surface area contributed by atoms with E-state index in [1.54, 1.807) is 11.8 Å². The Morgan fingerprint density at radius 1 is 1.19 bits per heavy atom. The molecule has 0 saturated heterocycles. The number of halogens is 1. The molecule has 0 unspecified atom stereocenters. The molecule has 16 heavy (non-hydrogen) atoms. The maximum atomic E-state index is 10.4. The molecule has 0 atom stereocenters. The summed E-state index contributed by atoms with van der Waals surface area (Å²) in [6.07, 6.45) is 5.44. The van der Waals surface area contributed by atoms with Crippen LogP contribution in [0.1, 0.15) is 32.1 Å². The summed E-state index contributed by atoms with van der Waals surface area (Å²) in [7, 11) is 0. The molecule has 0 amide bonds. The Hall–Kier alpha value is -0.180. The van der Waals surface area contributed by atoms with E-state index >= 15 is 0 Å². The zero-order chi connectivity index (χ0) is 11.4. The third-order valence-electron chi connectivity index (χ3n) is 3.12. The Morgan fingerprint density at radius 3 is 2.56 bits per heavy atom. The van der Waals surface area contributed by atoms with Crippen molar-refractivity contribution in [2.24, 2.45) is 0 Å². The van der Waals surface area contributed by atoms with Crippen molar-refractivity contribution in [2.45, 2.75) is 42.6 Å². The second kappa shape index (κ2) is 5.44. The maximum Gasteiger partial charge on any atom is 0.0741 e. The molecule has 0 aliphatic heterocycles. The number of hydrogen-bond acceptors (Lipinski definition) is 2. The first kappa shape index (κ1) is 12.3. The third-order valence-corrected chi connectivity index (χ3v) is 4.91. The van der Waals surface area contributed by atoms with Gasteiger partial charge < -0.3 is 5.11 Å². The van der Waals surface area contributed by atoms with Crippen molar-refractivity contribution in [1.29, 1.82) is 0 Å². The van der Waals surface area contributed by atoms with Gasteiger partial charge in [0.25, 0.3) is 0 Å². The van der Waals surface area contributed by atoms with Gasteiger partial charge in [-0.3, -0.25) is 0 Å². The van der Waals surface area contributed by atoms with Crippen LogP contribution in [-0.4, -0.2) is 16.5 Å². The smallest absolute Gasteiger partial charge is 0.0741 e. The molecule has 1 aliphatic rings. The number of thioether (sulfide) groups is 1. The Morgan fingerprint density at radius 2 is 1.88 bits per heavy atom. The summed E-state index contributed by atoms with van der Waals surface area (Å²) in [5.41, 5.74) is -0.470. The molecular weight excluding hydrogens is 240 g/mol. The number of hydrogen-bond donors (Lipinski definition) is 1. The summed E-state index contributed by atoms with van der Waals surface area (Å²) in [6, 6.07) is 7.83. The lowest BCUT2D eigenvalue weighted by Crippen LogP contribution is -2.33. The van der Waals surface area contributed by atoms with Gasteiger partial charge in [-0.2, -0.15) is 0 Å². The van der Waals surface area contributed by atoms with Crippen LogP contribution in [0.3, 0.4) is 0 Å². The maximum absolute atomic E-state index is 10.4. The van der Waals surface area contributed by atoms with Gasteiger partial charge in [-0.15, -0.1) is 11.8 Å². The Labute approximate surface area is 106 Å². The van der Waals surface area contributed by atoms with Gasteiger partial charge in [0.15, 0.2) is 0 Å². The molecule has 1 saturated carbocycles. The van der Waals surface area contributed by atoms with Crippen molar-refractivity contribution in [2.75, 3.05) is 5.75 Å². The zero-order valence-electron chi connectivity index (χ0n) is 9.29. The van der Waals surface area contributed by atoms with Gasteiger partial charge in [0.2, 0.25) is 0 Å². The number of aliphatic hydroxyl groups is 1. The van der Waals surface area contributed by atoms with Crippen LogP contribution < -0.4 is 0 Å². The van der Waals surface area contributed by atoms with Crippen LogP contribution in [0.5, 0.6) is 0 Å². The van der Waals surface area contributed by atoms with Crippen molar-refractivity contribution in [3.8, 4) is 0 Å². The third kappa shape index (κ3) is 3.16. The molecule has 1 aliphatic carbocycles. The predicted octanol–water partition coefficient (Wildman–Crippen LogP) is 4.13. The lowest BCUT2D eigenvalue weighted by Gasteiger charge is -2.31. The van der Waals surface area contributed by atoms with E-state index in [9.17, 15) is 5.11 Å². The van der Waals surface area contributed by atoms with Gasteiger partial charge in [-0.25, -0.2) is 0 Å². The van der Waals surface area contributed by atoms with Gasteiger partial charge in [0.05, 0.1) is 10.6 Å². The van der Waals surface area contributed by atoms with Crippen molar-refractivity contribution in [1.82, 2.24) is 0 Å². The van der Waals surface area contributed by atoms with Crippen LogP contribution >= 0.6 is 23.4 Å². The number of benzene rings is 1. The first-order chi connectivity index (χ1) is 7.70. The first-order valence-electron chi connectivity index (χ1n) is 5.79. The average molecular weight is 257 g/mol. The monoisotopic (exact) mass is 256 g/mol. The molecule has 1 aromatic rings. The minimum absolute atomic E-state index is 0.470. The molecular formula is C13H17ClOS. The van der Waals surface area contributed by atoms with Crippen LogP contribution in [0.15, 0.2) is 29.2 Å². The molecule has 3 heteroatoms. The summed E-state index contributed by atoms with van der Waals surface area (Å²) in [5.74, 6) is 0.761. The highest BCUT2D eigenvalue weighted by atomic mass is 35.5. The van der Waals surface area contributed by atoms with E-state index in [0.717, 1.165) is 41.4 Å². The Kier molecular flexibility index (Phi) is 4.17. The molecule has 0 spiro atoms. The van der Waals surface area contributed by atoms with Crippen molar-refractivity contribution < 1.29 is 5.11 Å². The number of rotatable bonds is 3. The van der Waals surface area contributed by atoms with Crippen molar-refractivity contribution >= 4 is 23.4 Å². The quantitative estimate of drug-likeness (QED) is 0.821. The van der Waals surface area contributed by atoms with Gasteiger partial charge in [-0.05, 0) is 25.0 Å². The summed E-state index contributed by atoms with van der Waals surface area (Å²) in [5, 5.41) is 11.1. The van der Waals surface area contributed by atoms with E-state index in [1.165, 1.54) is 6.42 Å². The van der Waals surface area contributed by atoms with Gasteiger partial charge >= 0.3 is 0 Å². The van der Waals surface area contributed by atoms with Crippen LogP contribution in [0, 0.1) is 0 Å². The van der Waals surface area contributed by atoms with E-state index in [4.69, 9.17) is 11.6 Å². The molecule has 1 fully saturated rings. The lowest BCUT2D eigenvalue weighted by atomic mass is 9.86. The highest BCUT2D eigenvalue weighted by Gasteiger charge is 2.29. The minimum Gasteiger partial charge on any atom is -0.389 e. The fourth-order valence-electron chi connectivity index (χ4n) is 2.13. The first-order valence-corrected chi connectivity index (χ1v) is 7.16. The van der Waals surface area contributed by atoms with E-state index in [-0.39, 0.29) is 0 Å². The van der Waals surface area contributed by atoms with Crippen LogP contribution in [-0.2, 0) is 0 Å². The van der Waals surface area contributed by atoms with E-state index in [2.05, 4.69) is 0 Å². The molecule has 1 nitrogen and oxygen atoms in total. The van der Waals surface area contributed by atoms with Crippen LogP contribution in [0.25, 0.3) is 0 Å². The Balaban J connectivity index is 1.94. The molecule has 0 bridgehead atoms. The summed E-state index contributed by atoms with van der Waals surface area (Å²) in [6.45, 7) is 0. The Bertz CT molecular complexity index is 348. The van der Waals surface area contributed by atoms with Crippen molar-refractivity contribution in [3.05, 3.63) is 29.3 Å². The lowest BCUT2D eigenvalue weighted by molar-refractivity contribution is 0.0273. The zero-order valence-corrected chi connectivity index (χ0v) is 10.9. The van der Waals surface area contributed by atoms with Crippen LogP contribution in [0.4, 0.5) is 0 Å². The normalized spacial score (nSPS) is 19.6. The second-order valence-corrected chi connectivity index (χ2v) is 5.93. The van der Waals surface area contributed by atoms with E-state index in [1.807, 2.05) is 24.3 Å². The summed E-state index contributed by atoms with van der Waals surface area (Å²) >= 11 is 7.76.